The summed E-state index contributed by atoms with van der Waals surface area (Å²) in [5.41, 5.74) is 1.94. The highest BCUT2D eigenvalue weighted by atomic mass is 16.4. The molecule has 1 aromatic carbocycles. The van der Waals surface area contributed by atoms with E-state index >= 15 is 0 Å². The zero-order valence-electron chi connectivity index (χ0n) is 12.3. The van der Waals surface area contributed by atoms with Gasteiger partial charge >= 0.3 is 5.97 Å². The highest BCUT2D eigenvalue weighted by Gasteiger charge is 2.15. The molecule has 1 aromatic rings. The fraction of sp³-hybridized carbons (Fsp3) is 0.533. The number of hydrogen-bond donors (Lipinski definition) is 3. The molecule has 0 bridgehead atoms. The summed E-state index contributed by atoms with van der Waals surface area (Å²) in [4.78, 5) is 12.4. The minimum absolute atomic E-state index is 0.117. The molecule has 20 heavy (non-hydrogen) atoms. The number of aliphatic hydroxyl groups excluding tert-OH is 1. The normalized spacial score (nSPS) is 13.8. The van der Waals surface area contributed by atoms with Crippen LogP contribution in [0.5, 0.6) is 0 Å². The molecule has 0 fully saturated rings. The zero-order valence-corrected chi connectivity index (χ0v) is 12.3. The Bertz CT molecular complexity index is 418. The predicted molar refractivity (Wildman–Crippen MR) is 80.1 cm³/mol. The van der Waals surface area contributed by atoms with Crippen molar-refractivity contribution in [1.82, 2.24) is 5.32 Å². The molecule has 0 spiro atoms. The summed E-state index contributed by atoms with van der Waals surface area (Å²) in [6.45, 7) is 2.48. The van der Waals surface area contributed by atoms with E-state index < -0.39 is 12.1 Å². The van der Waals surface area contributed by atoms with Gasteiger partial charge in [-0.2, -0.15) is 0 Å². The van der Waals surface area contributed by atoms with Crippen LogP contribution >= 0.6 is 0 Å². The average Bonchev–Trinajstić information content (AvgIpc) is 2.42. The molecule has 3 N–H and O–H groups in total. The van der Waals surface area contributed by atoms with Crippen LogP contribution in [0.1, 0.15) is 31.4 Å². The molecule has 2 unspecified atom stereocenters. The number of nitrogens with zero attached hydrogens (tertiary/aromatic N) is 1. The molecule has 5 heteroatoms. The number of aliphatic hydroxyl groups is 1. The summed E-state index contributed by atoms with van der Waals surface area (Å²) in [7, 11) is 3.94. The maximum atomic E-state index is 10.4. The SMILES string of the molecule is CC(NCCCC(=O)O)C(O)c1ccc(N(C)C)cc1. The molecule has 0 heterocycles. The van der Waals surface area contributed by atoms with E-state index in [1.807, 2.05) is 50.2 Å². The molecule has 1 rings (SSSR count). The molecule has 0 amide bonds. The Kier molecular flexibility index (Phi) is 6.48. The molecule has 0 saturated heterocycles. The first-order valence-corrected chi connectivity index (χ1v) is 6.82. The minimum Gasteiger partial charge on any atom is -0.481 e. The van der Waals surface area contributed by atoms with Crippen molar-refractivity contribution in [3.8, 4) is 0 Å². The number of anilines is 1. The van der Waals surface area contributed by atoms with Gasteiger partial charge < -0.3 is 20.4 Å². The van der Waals surface area contributed by atoms with Gasteiger partial charge in [-0.3, -0.25) is 4.79 Å². The van der Waals surface area contributed by atoms with Crippen molar-refractivity contribution >= 4 is 11.7 Å². The van der Waals surface area contributed by atoms with Crippen molar-refractivity contribution in [3.63, 3.8) is 0 Å². The fourth-order valence-corrected chi connectivity index (χ4v) is 1.94. The van der Waals surface area contributed by atoms with Crippen molar-refractivity contribution in [3.05, 3.63) is 29.8 Å². The third-order valence-electron chi connectivity index (χ3n) is 3.26. The summed E-state index contributed by atoms with van der Waals surface area (Å²) >= 11 is 0. The molecular weight excluding hydrogens is 256 g/mol. The standard InChI is InChI=1S/C15H24N2O3/c1-11(16-10-4-5-14(18)19)15(20)12-6-8-13(9-7-12)17(2)3/h6-9,11,15-16,20H,4-5,10H2,1-3H3,(H,18,19). The van der Waals surface area contributed by atoms with Gasteiger partial charge in [0.25, 0.3) is 0 Å². The van der Waals surface area contributed by atoms with Crippen LogP contribution in [0.3, 0.4) is 0 Å². The number of hydrogen-bond acceptors (Lipinski definition) is 4. The second-order valence-corrected chi connectivity index (χ2v) is 5.17. The van der Waals surface area contributed by atoms with E-state index in [1.54, 1.807) is 0 Å². The summed E-state index contributed by atoms with van der Waals surface area (Å²) in [5.74, 6) is -0.792. The first-order valence-electron chi connectivity index (χ1n) is 6.82. The van der Waals surface area contributed by atoms with Crippen LogP contribution in [-0.4, -0.2) is 42.9 Å². The highest BCUT2D eigenvalue weighted by molar-refractivity contribution is 5.66. The van der Waals surface area contributed by atoms with E-state index in [0.717, 1.165) is 11.3 Å². The van der Waals surface area contributed by atoms with E-state index in [4.69, 9.17) is 5.11 Å². The first kappa shape index (κ1) is 16.5. The van der Waals surface area contributed by atoms with Crippen molar-refractivity contribution in [2.75, 3.05) is 25.5 Å². The lowest BCUT2D eigenvalue weighted by molar-refractivity contribution is -0.137. The number of rotatable bonds is 8. The van der Waals surface area contributed by atoms with E-state index in [0.29, 0.717) is 13.0 Å². The maximum Gasteiger partial charge on any atom is 0.303 e. The zero-order chi connectivity index (χ0) is 15.1. The smallest absolute Gasteiger partial charge is 0.303 e. The minimum atomic E-state index is -0.792. The quantitative estimate of drug-likeness (QED) is 0.631. The van der Waals surface area contributed by atoms with Crippen molar-refractivity contribution < 1.29 is 15.0 Å². The molecule has 0 radical (unpaired) electrons. The van der Waals surface area contributed by atoms with E-state index in [-0.39, 0.29) is 12.5 Å². The lowest BCUT2D eigenvalue weighted by atomic mass is 10.0. The molecule has 0 aliphatic carbocycles. The van der Waals surface area contributed by atoms with Gasteiger partial charge in [0, 0.05) is 32.2 Å². The Morgan fingerprint density at radius 1 is 1.30 bits per heavy atom. The molecule has 0 aromatic heterocycles. The lowest BCUT2D eigenvalue weighted by Crippen LogP contribution is -2.33. The van der Waals surface area contributed by atoms with Gasteiger partial charge in [-0.1, -0.05) is 12.1 Å². The maximum absolute atomic E-state index is 10.4. The van der Waals surface area contributed by atoms with Crippen molar-refractivity contribution in [2.45, 2.75) is 31.9 Å². The summed E-state index contributed by atoms with van der Waals surface area (Å²) in [5, 5.41) is 21.9. The Morgan fingerprint density at radius 2 is 1.90 bits per heavy atom. The monoisotopic (exact) mass is 280 g/mol. The second kappa shape index (κ2) is 7.87. The number of benzene rings is 1. The topological polar surface area (TPSA) is 72.8 Å². The molecule has 2 atom stereocenters. The molecule has 5 nitrogen and oxygen atoms in total. The van der Waals surface area contributed by atoms with E-state index in [2.05, 4.69) is 5.32 Å². The predicted octanol–water partition coefficient (Wildman–Crippen LogP) is 1.63. The first-order chi connectivity index (χ1) is 9.41. The third-order valence-corrected chi connectivity index (χ3v) is 3.26. The Labute approximate surface area is 120 Å². The van der Waals surface area contributed by atoms with Crippen LogP contribution in [-0.2, 0) is 4.79 Å². The Hall–Kier alpha value is -1.59. The summed E-state index contributed by atoms with van der Waals surface area (Å²) in [6.07, 6.45) is 0.107. The van der Waals surface area contributed by atoms with E-state index in [1.165, 1.54) is 0 Å². The average molecular weight is 280 g/mol. The van der Waals surface area contributed by atoms with Gasteiger partial charge in [0.15, 0.2) is 0 Å². The highest BCUT2D eigenvalue weighted by Crippen LogP contribution is 2.20. The van der Waals surface area contributed by atoms with Gasteiger partial charge in [0.2, 0.25) is 0 Å². The van der Waals surface area contributed by atoms with Gasteiger partial charge in [0.05, 0.1) is 6.10 Å². The van der Waals surface area contributed by atoms with Crippen molar-refractivity contribution in [1.29, 1.82) is 0 Å². The van der Waals surface area contributed by atoms with Gasteiger partial charge in [-0.15, -0.1) is 0 Å². The molecule has 0 saturated carbocycles. The third kappa shape index (κ3) is 5.19. The number of aliphatic carboxylic acids is 1. The summed E-state index contributed by atoms with van der Waals surface area (Å²) < 4.78 is 0. The molecular formula is C15H24N2O3. The number of carboxylic acids is 1. The molecule has 0 aliphatic heterocycles. The van der Waals surface area contributed by atoms with Crippen LogP contribution in [0, 0.1) is 0 Å². The van der Waals surface area contributed by atoms with Crippen LogP contribution < -0.4 is 10.2 Å². The van der Waals surface area contributed by atoms with Crippen LogP contribution in [0.15, 0.2) is 24.3 Å². The van der Waals surface area contributed by atoms with Crippen LogP contribution in [0.4, 0.5) is 5.69 Å². The summed E-state index contributed by atoms with van der Waals surface area (Å²) in [6, 6.07) is 7.64. The fourth-order valence-electron chi connectivity index (χ4n) is 1.94. The van der Waals surface area contributed by atoms with Crippen LogP contribution in [0.2, 0.25) is 0 Å². The van der Waals surface area contributed by atoms with Crippen LogP contribution in [0.25, 0.3) is 0 Å². The van der Waals surface area contributed by atoms with E-state index in [9.17, 15) is 9.90 Å². The number of carbonyl (C=O) groups is 1. The Morgan fingerprint density at radius 3 is 2.40 bits per heavy atom. The number of nitrogens with one attached hydrogen (secondary N) is 1. The lowest BCUT2D eigenvalue weighted by Gasteiger charge is -2.21. The molecule has 0 aliphatic rings. The number of carboxylic acid groups (broad SMARTS) is 1. The second-order valence-electron chi connectivity index (χ2n) is 5.17. The molecule has 112 valence electrons. The van der Waals surface area contributed by atoms with Gasteiger partial charge in [-0.25, -0.2) is 0 Å². The Balaban J connectivity index is 2.47. The van der Waals surface area contributed by atoms with Gasteiger partial charge in [-0.05, 0) is 37.6 Å². The van der Waals surface area contributed by atoms with Crippen molar-refractivity contribution in [2.24, 2.45) is 0 Å². The van der Waals surface area contributed by atoms with Gasteiger partial charge in [0.1, 0.15) is 0 Å². The largest absolute Gasteiger partial charge is 0.481 e.